The van der Waals surface area contributed by atoms with Crippen molar-refractivity contribution in [3.63, 3.8) is 0 Å². The van der Waals surface area contributed by atoms with Gasteiger partial charge in [0.1, 0.15) is 23.2 Å². The van der Waals surface area contributed by atoms with E-state index in [1.165, 1.54) is 13.4 Å². The standard InChI is InChI=1S/C24H20F3N5O2/c1-32-12-16(20(31-32)14-6-4-3-5-7-14)21-15-10-18(19(34-2)11-17(15)28-13-29-21)30-22(33)23(8-9-23)24(25,26)27/h3-7,10-13H,8-9H2,1-2H3,(H,30,33). The Morgan fingerprint density at radius 1 is 1.12 bits per heavy atom. The third-order valence-corrected chi connectivity index (χ3v) is 6.06. The van der Waals surface area contributed by atoms with E-state index >= 15 is 0 Å². The van der Waals surface area contributed by atoms with Crippen LogP contribution in [-0.2, 0) is 11.8 Å². The third-order valence-electron chi connectivity index (χ3n) is 6.06. The van der Waals surface area contributed by atoms with Gasteiger partial charge in [-0.2, -0.15) is 18.3 Å². The molecule has 1 aliphatic carbocycles. The van der Waals surface area contributed by atoms with Gasteiger partial charge in [0.2, 0.25) is 5.91 Å². The lowest BCUT2D eigenvalue weighted by molar-refractivity contribution is -0.189. The van der Waals surface area contributed by atoms with Gasteiger partial charge in [-0.05, 0) is 18.9 Å². The van der Waals surface area contributed by atoms with E-state index in [1.807, 2.05) is 36.5 Å². The number of amides is 1. The zero-order valence-electron chi connectivity index (χ0n) is 18.3. The summed E-state index contributed by atoms with van der Waals surface area (Å²) >= 11 is 0. The summed E-state index contributed by atoms with van der Waals surface area (Å²) in [6.45, 7) is 0. The number of alkyl halides is 3. The number of aromatic nitrogens is 4. The molecular weight excluding hydrogens is 447 g/mol. The number of anilines is 1. The van der Waals surface area contributed by atoms with E-state index in [4.69, 9.17) is 4.74 Å². The minimum absolute atomic E-state index is 0.122. The van der Waals surface area contributed by atoms with E-state index in [-0.39, 0.29) is 24.3 Å². The molecule has 7 nitrogen and oxygen atoms in total. The molecule has 1 fully saturated rings. The van der Waals surface area contributed by atoms with E-state index in [0.29, 0.717) is 22.3 Å². The van der Waals surface area contributed by atoms with Gasteiger partial charge in [0.15, 0.2) is 0 Å². The molecular formula is C24H20F3N5O2. The molecule has 10 heteroatoms. The van der Waals surface area contributed by atoms with Crippen LogP contribution in [0.4, 0.5) is 18.9 Å². The molecule has 0 spiro atoms. The van der Waals surface area contributed by atoms with Gasteiger partial charge in [-0.1, -0.05) is 30.3 Å². The number of carbonyl (C=O) groups is 1. The molecule has 5 rings (SSSR count). The second-order valence-electron chi connectivity index (χ2n) is 8.26. The lowest BCUT2D eigenvalue weighted by Crippen LogP contribution is -2.37. The van der Waals surface area contributed by atoms with E-state index in [0.717, 1.165) is 11.1 Å². The number of methoxy groups -OCH3 is 1. The summed E-state index contributed by atoms with van der Waals surface area (Å²) in [7, 11) is 3.17. The zero-order chi connectivity index (χ0) is 24.1. The second-order valence-corrected chi connectivity index (χ2v) is 8.26. The summed E-state index contributed by atoms with van der Waals surface area (Å²) in [6, 6.07) is 12.7. The Kier molecular flexibility index (Phi) is 5.03. The van der Waals surface area contributed by atoms with Gasteiger partial charge in [-0.15, -0.1) is 0 Å². The fourth-order valence-corrected chi connectivity index (χ4v) is 4.04. The Hall–Kier alpha value is -3.95. The molecule has 0 unspecified atom stereocenters. The Labute approximate surface area is 192 Å². The third kappa shape index (κ3) is 3.55. The Morgan fingerprint density at radius 2 is 1.85 bits per heavy atom. The normalized spacial score (nSPS) is 14.7. The van der Waals surface area contributed by atoms with Gasteiger partial charge in [-0.3, -0.25) is 9.48 Å². The molecule has 2 heterocycles. The van der Waals surface area contributed by atoms with Gasteiger partial charge in [0.05, 0.1) is 24.0 Å². The van der Waals surface area contributed by atoms with Crippen LogP contribution in [0.3, 0.4) is 0 Å². The average Bonchev–Trinajstić information content (AvgIpc) is 3.56. The predicted octanol–water partition coefficient (Wildman–Crippen LogP) is 4.99. The molecule has 0 bridgehead atoms. The number of fused-ring (bicyclic) bond motifs is 1. The number of benzene rings is 2. The fourth-order valence-electron chi connectivity index (χ4n) is 4.04. The number of halogens is 3. The summed E-state index contributed by atoms with van der Waals surface area (Å²) in [5, 5.41) is 7.55. The highest BCUT2D eigenvalue weighted by molar-refractivity contribution is 6.03. The number of hydrogen-bond donors (Lipinski definition) is 1. The predicted molar refractivity (Wildman–Crippen MR) is 120 cm³/mol. The van der Waals surface area contributed by atoms with Crippen LogP contribution in [0.1, 0.15) is 12.8 Å². The van der Waals surface area contributed by atoms with Gasteiger partial charge in [0.25, 0.3) is 0 Å². The van der Waals surface area contributed by atoms with Crippen molar-refractivity contribution < 1.29 is 22.7 Å². The number of carbonyl (C=O) groups excluding carboxylic acids is 1. The number of nitrogens with zero attached hydrogens (tertiary/aromatic N) is 4. The van der Waals surface area contributed by atoms with Crippen molar-refractivity contribution in [3.05, 3.63) is 55.0 Å². The summed E-state index contributed by atoms with van der Waals surface area (Å²) in [4.78, 5) is 21.4. The first kappa shape index (κ1) is 21.9. The lowest BCUT2D eigenvalue weighted by atomic mass is 10.0. The van der Waals surface area contributed by atoms with Crippen molar-refractivity contribution in [2.24, 2.45) is 12.5 Å². The highest BCUT2D eigenvalue weighted by Gasteiger charge is 2.68. The summed E-state index contributed by atoms with van der Waals surface area (Å²) in [6.07, 6.45) is -1.86. The van der Waals surface area contributed by atoms with E-state index in [2.05, 4.69) is 20.4 Å². The van der Waals surface area contributed by atoms with Crippen LogP contribution in [0.15, 0.2) is 55.0 Å². The largest absolute Gasteiger partial charge is 0.494 e. The van der Waals surface area contributed by atoms with Crippen LogP contribution in [0, 0.1) is 5.41 Å². The van der Waals surface area contributed by atoms with Gasteiger partial charge in [0, 0.05) is 35.8 Å². The van der Waals surface area contributed by atoms with Crippen LogP contribution in [0.2, 0.25) is 0 Å². The second kappa shape index (κ2) is 7.82. The molecule has 4 aromatic rings. The minimum atomic E-state index is -4.62. The first-order valence-corrected chi connectivity index (χ1v) is 10.5. The van der Waals surface area contributed by atoms with Crippen molar-refractivity contribution in [2.45, 2.75) is 19.0 Å². The number of aryl methyl sites for hydroxylation is 1. The highest BCUT2D eigenvalue weighted by Crippen LogP contribution is 2.58. The number of hydrogen-bond acceptors (Lipinski definition) is 5. The Bertz CT molecular complexity index is 1400. The monoisotopic (exact) mass is 467 g/mol. The molecule has 2 aromatic heterocycles. The smallest absolute Gasteiger partial charge is 0.403 e. The maximum Gasteiger partial charge on any atom is 0.403 e. The van der Waals surface area contributed by atoms with E-state index < -0.39 is 17.5 Å². The van der Waals surface area contributed by atoms with Crippen molar-refractivity contribution in [2.75, 3.05) is 12.4 Å². The Morgan fingerprint density at radius 3 is 2.50 bits per heavy atom. The lowest BCUT2D eigenvalue weighted by Gasteiger charge is -2.20. The molecule has 2 aromatic carbocycles. The van der Waals surface area contributed by atoms with Gasteiger partial charge in [-0.25, -0.2) is 9.97 Å². The molecule has 0 saturated heterocycles. The van der Waals surface area contributed by atoms with Crippen molar-refractivity contribution in [3.8, 4) is 28.3 Å². The topological polar surface area (TPSA) is 81.9 Å². The van der Waals surface area contributed by atoms with Crippen LogP contribution in [-0.4, -0.2) is 38.9 Å². The van der Waals surface area contributed by atoms with Crippen molar-refractivity contribution >= 4 is 22.5 Å². The van der Waals surface area contributed by atoms with Crippen LogP contribution >= 0.6 is 0 Å². The maximum absolute atomic E-state index is 13.5. The maximum atomic E-state index is 13.5. The van der Waals surface area contributed by atoms with E-state index in [1.54, 1.807) is 23.9 Å². The van der Waals surface area contributed by atoms with Gasteiger partial charge < -0.3 is 10.1 Å². The zero-order valence-corrected chi connectivity index (χ0v) is 18.3. The first-order chi connectivity index (χ1) is 16.2. The molecule has 1 amide bonds. The SMILES string of the molecule is COc1cc2ncnc(-c3cn(C)nc3-c3ccccc3)c2cc1NC(=O)C1(C(F)(F)F)CC1. The van der Waals surface area contributed by atoms with Crippen molar-refractivity contribution in [1.29, 1.82) is 0 Å². The van der Waals surface area contributed by atoms with Crippen molar-refractivity contribution in [1.82, 2.24) is 19.7 Å². The Balaban J connectivity index is 1.63. The minimum Gasteiger partial charge on any atom is -0.494 e. The van der Waals surface area contributed by atoms with Crippen LogP contribution < -0.4 is 10.1 Å². The number of nitrogens with one attached hydrogen (secondary N) is 1. The molecule has 1 N–H and O–H groups in total. The summed E-state index contributed by atoms with van der Waals surface area (Å²) in [5.74, 6) is -0.889. The molecule has 34 heavy (non-hydrogen) atoms. The summed E-state index contributed by atoms with van der Waals surface area (Å²) in [5.41, 5.74) is 1.11. The molecule has 0 radical (unpaired) electrons. The number of rotatable bonds is 5. The molecule has 174 valence electrons. The highest BCUT2D eigenvalue weighted by atomic mass is 19.4. The first-order valence-electron chi connectivity index (χ1n) is 10.5. The van der Waals surface area contributed by atoms with Crippen LogP contribution in [0.5, 0.6) is 5.75 Å². The van der Waals surface area contributed by atoms with E-state index in [9.17, 15) is 18.0 Å². The molecule has 0 atom stereocenters. The van der Waals surface area contributed by atoms with Gasteiger partial charge >= 0.3 is 6.18 Å². The average molecular weight is 467 g/mol. The molecule has 0 aliphatic heterocycles. The van der Waals surface area contributed by atoms with Crippen LogP contribution in [0.25, 0.3) is 33.4 Å². The number of ether oxygens (including phenoxy) is 1. The quantitative estimate of drug-likeness (QED) is 0.447. The molecule has 1 aliphatic rings. The fraction of sp³-hybridized carbons (Fsp3) is 0.250. The molecule has 1 saturated carbocycles. The summed E-state index contributed by atoms with van der Waals surface area (Å²) < 4.78 is 47.4.